The number of likely N-dealkylation sites (tertiary alicyclic amines) is 1. The third-order valence-corrected chi connectivity index (χ3v) is 5.59. The average Bonchev–Trinajstić information content (AvgIpc) is 3.13. The van der Waals surface area contributed by atoms with Crippen molar-refractivity contribution in [3.8, 4) is 0 Å². The Hall–Kier alpha value is -1.95. The lowest BCUT2D eigenvalue weighted by atomic mass is 9.73. The molecule has 0 N–H and O–H groups in total. The molecule has 6 heteroatoms. The number of carbonyl (C=O) groups is 1. The van der Waals surface area contributed by atoms with E-state index in [1.165, 1.54) is 12.1 Å². The van der Waals surface area contributed by atoms with Crippen molar-refractivity contribution in [1.29, 1.82) is 0 Å². The molecule has 0 amide bonds. The molecule has 5 nitrogen and oxygen atoms in total. The van der Waals surface area contributed by atoms with Gasteiger partial charge in [-0.2, -0.15) is 0 Å². The van der Waals surface area contributed by atoms with Gasteiger partial charge in [-0.3, -0.25) is 4.79 Å². The average molecular weight is 376 g/mol. The van der Waals surface area contributed by atoms with Crippen LogP contribution >= 0.6 is 0 Å². The lowest BCUT2D eigenvalue weighted by molar-refractivity contribution is -0.161. The van der Waals surface area contributed by atoms with Gasteiger partial charge in [0.25, 0.3) is 0 Å². The second-order valence-corrected chi connectivity index (χ2v) is 7.52. The van der Waals surface area contributed by atoms with Gasteiger partial charge in [0, 0.05) is 12.8 Å². The van der Waals surface area contributed by atoms with Crippen LogP contribution in [0.2, 0.25) is 0 Å². The third-order valence-electron chi connectivity index (χ3n) is 5.59. The van der Waals surface area contributed by atoms with Crippen LogP contribution in [-0.2, 0) is 14.4 Å². The molecule has 1 aromatic rings. The standard InChI is InChI=1S/C21H29FN2O3/c1-3-11-24-12-9-21(10-13-24,20(25)26-4-2)15-18-14-19(23-27-18)16-5-7-17(22)8-6-16/h5-8,18H,3-4,9-15H2,1-2H3. The Bertz CT molecular complexity index is 667. The first-order valence-corrected chi connectivity index (χ1v) is 9.94. The molecule has 1 atom stereocenters. The highest BCUT2D eigenvalue weighted by atomic mass is 19.1. The Balaban J connectivity index is 1.65. The number of esters is 1. The SMILES string of the molecule is CCCN1CCC(CC2CC(c3ccc(F)cc3)=NO2)(C(=O)OCC)CC1. The molecule has 0 radical (unpaired) electrons. The van der Waals surface area contributed by atoms with E-state index in [0.717, 1.165) is 50.2 Å². The fraction of sp³-hybridized carbons (Fsp3) is 0.619. The minimum atomic E-state index is -0.501. The van der Waals surface area contributed by atoms with E-state index in [-0.39, 0.29) is 17.9 Å². The summed E-state index contributed by atoms with van der Waals surface area (Å²) in [6, 6.07) is 6.28. The number of rotatable bonds is 7. The summed E-state index contributed by atoms with van der Waals surface area (Å²) < 4.78 is 18.6. The minimum Gasteiger partial charge on any atom is -0.466 e. The maximum Gasteiger partial charge on any atom is 0.312 e. The predicted octanol–water partition coefficient (Wildman–Crippen LogP) is 3.76. The van der Waals surface area contributed by atoms with Gasteiger partial charge in [-0.1, -0.05) is 24.2 Å². The van der Waals surface area contributed by atoms with Crippen LogP contribution in [0.3, 0.4) is 0 Å². The molecule has 0 saturated carbocycles. The lowest BCUT2D eigenvalue weighted by Gasteiger charge is -2.40. The second-order valence-electron chi connectivity index (χ2n) is 7.52. The summed E-state index contributed by atoms with van der Waals surface area (Å²) in [5, 5.41) is 4.20. The number of oxime groups is 1. The Morgan fingerprint density at radius 2 is 2.00 bits per heavy atom. The molecule has 2 heterocycles. The molecule has 1 unspecified atom stereocenters. The Morgan fingerprint density at radius 3 is 2.63 bits per heavy atom. The predicted molar refractivity (Wildman–Crippen MR) is 102 cm³/mol. The van der Waals surface area contributed by atoms with Crippen LogP contribution in [0, 0.1) is 11.2 Å². The first-order chi connectivity index (χ1) is 13.1. The number of halogens is 1. The molecular formula is C21H29FN2O3. The van der Waals surface area contributed by atoms with Crippen LogP contribution in [0.4, 0.5) is 4.39 Å². The van der Waals surface area contributed by atoms with Crippen LogP contribution < -0.4 is 0 Å². The summed E-state index contributed by atoms with van der Waals surface area (Å²) in [6.07, 6.45) is 3.79. The highest BCUT2D eigenvalue weighted by Crippen LogP contribution is 2.40. The molecule has 1 fully saturated rings. The minimum absolute atomic E-state index is 0.111. The highest BCUT2D eigenvalue weighted by molar-refractivity contribution is 6.01. The fourth-order valence-corrected chi connectivity index (χ4v) is 4.08. The van der Waals surface area contributed by atoms with Crippen molar-refractivity contribution in [2.24, 2.45) is 10.6 Å². The molecule has 0 bridgehead atoms. The number of piperidine rings is 1. The van der Waals surface area contributed by atoms with Crippen molar-refractivity contribution < 1.29 is 18.8 Å². The Labute approximate surface area is 160 Å². The molecule has 3 rings (SSSR count). The first kappa shape index (κ1) is 19.8. The van der Waals surface area contributed by atoms with Gasteiger partial charge in [0.15, 0.2) is 0 Å². The number of hydrogen-bond acceptors (Lipinski definition) is 5. The summed E-state index contributed by atoms with van der Waals surface area (Å²) in [7, 11) is 0. The number of benzene rings is 1. The number of carbonyl (C=O) groups excluding carboxylic acids is 1. The maximum atomic E-state index is 13.1. The van der Waals surface area contributed by atoms with Gasteiger partial charge in [0.05, 0.1) is 17.7 Å². The van der Waals surface area contributed by atoms with Crippen molar-refractivity contribution in [1.82, 2.24) is 4.90 Å². The molecule has 2 aliphatic rings. The van der Waals surface area contributed by atoms with E-state index < -0.39 is 5.41 Å². The molecule has 0 aromatic heterocycles. The zero-order valence-electron chi connectivity index (χ0n) is 16.2. The summed E-state index contributed by atoms with van der Waals surface area (Å²) >= 11 is 0. The molecule has 1 saturated heterocycles. The van der Waals surface area contributed by atoms with Crippen LogP contribution in [-0.4, -0.2) is 48.9 Å². The molecular weight excluding hydrogens is 347 g/mol. The van der Waals surface area contributed by atoms with E-state index in [1.54, 1.807) is 12.1 Å². The Morgan fingerprint density at radius 1 is 1.30 bits per heavy atom. The summed E-state index contributed by atoms with van der Waals surface area (Å²) in [6.45, 7) is 7.29. The highest BCUT2D eigenvalue weighted by Gasteiger charge is 2.45. The van der Waals surface area contributed by atoms with Gasteiger partial charge in [-0.05, 0) is 63.5 Å². The van der Waals surface area contributed by atoms with Gasteiger partial charge < -0.3 is 14.5 Å². The molecule has 0 aliphatic carbocycles. The van der Waals surface area contributed by atoms with Crippen LogP contribution in [0.5, 0.6) is 0 Å². The molecule has 148 valence electrons. The van der Waals surface area contributed by atoms with E-state index in [2.05, 4.69) is 17.0 Å². The van der Waals surface area contributed by atoms with Gasteiger partial charge >= 0.3 is 5.97 Å². The van der Waals surface area contributed by atoms with Crippen molar-refractivity contribution in [2.75, 3.05) is 26.2 Å². The molecule has 1 aromatic carbocycles. The number of hydrogen-bond donors (Lipinski definition) is 0. The van der Waals surface area contributed by atoms with Crippen molar-refractivity contribution >= 4 is 11.7 Å². The van der Waals surface area contributed by atoms with Gasteiger partial charge in [0.1, 0.15) is 11.9 Å². The van der Waals surface area contributed by atoms with Gasteiger partial charge in [0.2, 0.25) is 0 Å². The Kier molecular flexibility index (Phi) is 6.47. The van der Waals surface area contributed by atoms with Crippen molar-refractivity contribution in [3.05, 3.63) is 35.6 Å². The second kappa shape index (κ2) is 8.83. The van der Waals surface area contributed by atoms with E-state index in [4.69, 9.17) is 9.57 Å². The van der Waals surface area contributed by atoms with Gasteiger partial charge in [-0.25, -0.2) is 4.39 Å². The van der Waals surface area contributed by atoms with Crippen molar-refractivity contribution in [3.63, 3.8) is 0 Å². The van der Waals surface area contributed by atoms with E-state index in [0.29, 0.717) is 19.4 Å². The van der Waals surface area contributed by atoms with E-state index in [9.17, 15) is 9.18 Å². The zero-order valence-corrected chi connectivity index (χ0v) is 16.2. The molecule has 2 aliphatic heterocycles. The summed E-state index contributed by atoms with van der Waals surface area (Å²) in [4.78, 5) is 20.8. The molecule has 27 heavy (non-hydrogen) atoms. The van der Waals surface area contributed by atoms with Gasteiger partial charge in [-0.15, -0.1) is 0 Å². The van der Waals surface area contributed by atoms with Crippen LogP contribution in [0.25, 0.3) is 0 Å². The van der Waals surface area contributed by atoms with E-state index in [1.807, 2.05) is 6.92 Å². The number of ether oxygens (including phenoxy) is 1. The zero-order chi connectivity index (χ0) is 19.3. The quantitative estimate of drug-likeness (QED) is 0.680. The maximum absolute atomic E-state index is 13.1. The lowest BCUT2D eigenvalue weighted by Crippen LogP contribution is -2.47. The third kappa shape index (κ3) is 4.67. The summed E-state index contributed by atoms with van der Waals surface area (Å²) in [5.74, 6) is -0.380. The van der Waals surface area contributed by atoms with Crippen LogP contribution in [0.15, 0.2) is 29.4 Å². The summed E-state index contributed by atoms with van der Waals surface area (Å²) in [5.41, 5.74) is 1.17. The first-order valence-electron chi connectivity index (χ1n) is 9.94. The number of nitrogens with zero attached hydrogens (tertiary/aromatic N) is 2. The normalized spacial score (nSPS) is 22.2. The topological polar surface area (TPSA) is 51.1 Å². The largest absolute Gasteiger partial charge is 0.466 e. The fourth-order valence-electron chi connectivity index (χ4n) is 4.08. The van der Waals surface area contributed by atoms with E-state index >= 15 is 0 Å². The smallest absolute Gasteiger partial charge is 0.312 e. The van der Waals surface area contributed by atoms with Crippen LogP contribution in [0.1, 0.15) is 51.5 Å². The van der Waals surface area contributed by atoms with Crippen molar-refractivity contribution in [2.45, 2.75) is 52.1 Å². The molecule has 0 spiro atoms. The monoisotopic (exact) mass is 376 g/mol.